The van der Waals surface area contributed by atoms with E-state index >= 15 is 0 Å². The van der Waals surface area contributed by atoms with E-state index in [9.17, 15) is 4.79 Å². The van der Waals surface area contributed by atoms with Gasteiger partial charge in [0.05, 0.1) is 17.5 Å². The number of nitrogens with zero attached hydrogens (tertiary/aromatic N) is 4. The van der Waals surface area contributed by atoms with Crippen molar-refractivity contribution in [2.24, 2.45) is 5.41 Å². The summed E-state index contributed by atoms with van der Waals surface area (Å²) in [4.78, 5) is 31.9. The van der Waals surface area contributed by atoms with Crippen LogP contribution in [0.1, 0.15) is 49.0 Å². The summed E-state index contributed by atoms with van der Waals surface area (Å²) in [5.74, 6) is 0.576. The van der Waals surface area contributed by atoms with E-state index in [0.717, 1.165) is 30.8 Å². The second-order valence-corrected chi connectivity index (χ2v) is 9.50. The number of rotatable bonds is 4. The van der Waals surface area contributed by atoms with Crippen LogP contribution in [0.3, 0.4) is 0 Å². The SMILES string of the molecule is CC(C)(C)C(=O)c1c[nH]c2ncc(-c3cccc(N4CCC(c5ccncc5)C4)c3)nc12. The van der Waals surface area contributed by atoms with E-state index in [1.807, 2.05) is 39.2 Å². The number of benzene rings is 1. The van der Waals surface area contributed by atoms with Crippen LogP contribution in [-0.4, -0.2) is 38.8 Å². The molecule has 32 heavy (non-hydrogen) atoms. The number of aromatic amines is 1. The Morgan fingerprint density at radius 2 is 1.97 bits per heavy atom. The van der Waals surface area contributed by atoms with Crippen molar-refractivity contribution in [1.82, 2.24) is 19.9 Å². The second-order valence-electron chi connectivity index (χ2n) is 9.50. The van der Waals surface area contributed by atoms with E-state index in [4.69, 9.17) is 4.98 Å². The highest BCUT2D eigenvalue weighted by Crippen LogP contribution is 2.33. The number of hydrogen-bond donors (Lipinski definition) is 1. The molecular weight excluding hydrogens is 398 g/mol. The van der Waals surface area contributed by atoms with E-state index < -0.39 is 5.41 Å². The van der Waals surface area contributed by atoms with Gasteiger partial charge < -0.3 is 9.88 Å². The minimum Gasteiger partial charge on any atom is -0.371 e. The Bertz CT molecular complexity index is 1270. The fraction of sp³-hybridized carbons (Fsp3) is 0.308. The predicted octanol–water partition coefficient (Wildman–Crippen LogP) is 5.24. The number of nitrogens with one attached hydrogen (secondary N) is 1. The van der Waals surface area contributed by atoms with Gasteiger partial charge in [0.15, 0.2) is 11.4 Å². The molecular formula is C26H27N5O. The van der Waals surface area contributed by atoms with E-state index in [0.29, 0.717) is 22.6 Å². The maximum absolute atomic E-state index is 12.9. The van der Waals surface area contributed by atoms with Crippen LogP contribution in [0, 0.1) is 5.41 Å². The zero-order chi connectivity index (χ0) is 22.3. The standard InChI is InChI=1S/C26H27N5O/c1-26(2,3)24(32)21-14-28-25-23(21)30-22(15-29-25)18-5-4-6-20(13-18)31-12-9-19(16-31)17-7-10-27-11-8-17/h4-8,10-11,13-15,19H,9,12,16H2,1-3H3,(H,28,29). The quantitative estimate of drug-likeness (QED) is 0.453. The molecule has 3 aromatic heterocycles. The topological polar surface area (TPSA) is 74.8 Å². The highest BCUT2D eigenvalue weighted by Gasteiger charge is 2.27. The van der Waals surface area contributed by atoms with Crippen LogP contribution in [0.4, 0.5) is 5.69 Å². The minimum absolute atomic E-state index is 0.0585. The third kappa shape index (κ3) is 3.77. The third-order valence-electron chi connectivity index (χ3n) is 6.18. The van der Waals surface area contributed by atoms with Gasteiger partial charge in [0, 0.05) is 54.3 Å². The fourth-order valence-electron chi connectivity index (χ4n) is 4.37. The summed E-state index contributed by atoms with van der Waals surface area (Å²) in [7, 11) is 0. The van der Waals surface area contributed by atoms with Crippen molar-refractivity contribution in [1.29, 1.82) is 0 Å². The molecule has 1 atom stereocenters. The Labute approximate surface area is 187 Å². The van der Waals surface area contributed by atoms with Crippen LogP contribution in [0.25, 0.3) is 22.4 Å². The first kappa shape index (κ1) is 20.4. The number of ketones is 1. The Hall–Kier alpha value is -3.54. The number of aromatic nitrogens is 4. The Balaban J connectivity index is 1.44. The van der Waals surface area contributed by atoms with Gasteiger partial charge in [-0.05, 0) is 36.2 Å². The van der Waals surface area contributed by atoms with Gasteiger partial charge in [-0.3, -0.25) is 9.78 Å². The van der Waals surface area contributed by atoms with Crippen LogP contribution in [-0.2, 0) is 0 Å². The highest BCUT2D eigenvalue weighted by molar-refractivity contribution is 6.08. The van der Waals surface area contributed by atoms with Crippen molar-refractivity contribution < 1.29 is 4.79 Å². The number of carbonyl (C=O) groups is 1. The molecule has 1 N–H and O–H groups in total. The summed E-state index contributed by atoms with van der Waals surface area (Å²) in [6.07, 6.45) is 8.36. The zero-order valence-electron chi connectivity index (χ0n) is 18.7. The smallest absolute Gasteiger partial charge is 0.171 e. The lowest BCUT2D eigenvalue weighted by atomic mass is 9.87. The van der Waals surface area contributed by atoms with Gasteiger partial charge in [0.25, 0.3) is 0 Å². The van der Waals surface area contributed by atoms with Crippen LogP contribution in [0.15, 0.2) is 61.2 Å². The summed E-state index contributed by atoms with van der Waals surface area (Å²) >= 11 is 0. The van der Waals surface area contributed by atoms with Crippen molar-refractivity contribution >= 4 is 22.6 Å². The molecule has 1 aliphatic rings. The molecule has 1 aromatic carbocycles. The van der Waals surface area contributed by atoms with E-state index in [1.165, 1.54) is 11.3 Å². The van der Waals surface area contributed by atoms with Crippen LogP contribution < -0.4 is 4.90 Å². The Morgan fingerprint density at radius 1 is 1.16 bits per heavy atom. The first-order chi connectivity index (χ1) is 15.4. The molecule has 0 amide bonds. The summed E-state index contributed by atoms with van der Waals surface area (Å²) < 4.78 is 0. The molecule has 0 spiro atoms. The molecule has 0 saturated carbocycles. The molecule has 4 aromatic rings. The van der Waals surface area contributed by atoms with Gasteiger partial charge >= 0.3 is 0 Å². The molecule has 1 saturated heterocycles. The highest BCUT2D eigenvalue weighted by atomic mass is 16.1. The molecule has 6 nitrogen and oxygen atoms in total. The molecule has 6 heteroatoms. The van der Waals surface area contributed by atoms with E-state index in [2.05, 4.69) is 50.2 Å². The summed E-state index contributed by atoms with van der Waals surface area (Å²) in [6.45, 7) is 7.77. The molecule has 0 aliphatic carbocycles. The third-order valence-corrected chi connectivity index (χ3v) is 6.18. The number of hydrogen-bond acceptors (Lipinski definition) is 5. The monoisotopic (exact) mass is 425 g/mol. The summed E-state index contributed by atoms with van der Waals surface area (Å²) in [5.41, 5.74) is 5.68. The summed E-state index contributed by atoms with van der Waals surface area (Å²) in [5, 5.41) is 0. The molecule has 1 aliphatic heterocycles. The maximum Gasteiger partial charge on any atom is 0.171 e. The predicted molar refractivity (Wildman–Crippen MR) is 127 cm³/mol. The Kier molecular flexibility index (Phi) is 5.00. The number of fused-ring (bicyclic) bond motifs is 1. The van der Waals surface area contributed by atoms with Crippen LogP contribution in [0.2, 0.25) is 0 Å². The molecule has 0 radical (unpaired) electrons. The summed E-state index contributed by atoms with van der Waals surface area (Å²) in [6, 6.07) is 12.7. The van der Waals surface area contributed by atoms with E-state index in [1.54, 1.807) is 12.4 Å². The average Bonchev–Trinajstić information content (AvgIpc) is 3.46. The first-order valence-electron chi connectivity index (χ1n) is 11.0. The van der Waals surface area contributed by atoms with Crippen molar-refractivity contribution in [2.75, 3.05) is 18.0 Å². The maximum atomic E-state index is 12.9. The number of carbonyl (C=O) groups excluding carboxylic acids is 1. The van der Waals surface area contributed by atoms with Crippen molar-refractivity contribution in [2.45, 2.75) is 33.1 Å². The average molecular weight is 426 g/mol. The van der Waals surface area contributed by atoms with Gasteiger partial charge in [-0.25, -0.2) is 9.97 Å². The number of H-pyrrole nitrogens is 1. The first-order valence-corrected chi connectivity index (χ1v) is 11.0. The normalized spacial score (nSPS) is 16.6. The fourth-order valence-corrected chi connectivity index (χ4v) is 4.37. The van der Waals surface area contributed by atoms with Gasteiger partial charge in [0.1, 0.15) is 5.52 Å². The van der Waals surface area contributed by atoms with Gasteiger partial charge in [-0.2, -0.15) is 0 Å². The minimum atomic E-state index is -0.478. The number of pyridine rings is 1. The van der Waals surface area contributed by atoms with Crippen molar-refractivity contribution in [3.8, 4) is 11.3 Å². The molecule has 5 rings (SSSR count). The second kappa shape index (κ2) is 7.86. The van der Waals surface area contributed by atoms with Gasteiger partial charge in [-0.15, -0.1) is 0 Å². The zero-order valence-corrected chi connectivity index (χ0v) is 18.7. The number of Topliss-reactive ketones (excluding diaryl/α,β-unsaturated/α-hetero) is 1. The number of anilines is 1. The van der Waals surface area contributed by atoms with Gasteiger partial charge in [-0.1, -0.05) is 32.9 Å². The molecule has 4 heterocycles. The largest absolute Gasteiger partial charge is 0.371 e. The lowest BCUT2D eigenvalue weighted by Crippen LogP contribution is -2.20. The van der Waals surface area contributed by atoms with E-state index in [-0.39, 0.29) is 5.78 Å². The Morgan fingerprint density at radius 3 is 2.75 bits per heavy atom. The van der Waals surface area contributed by atoms with Crippen molar-refractivity contribution in [3.63, 3.8) is 0 Å². The lowest BCUT2D eigenvalue weighted by Gasteiger charge is -2.19. The van der Waals surface area contributed by atoms with Crippen LogP contribution in [0.5, 0.6) is 0 Å². The van der Waals surface area contributed by atoms with Gasteiger partial charge in [0.2, 0.25) is 0 Å². The van der Waals surface area contributed by atoms with Crippen molar-refractivity contribution in [3.05, 3.63) is 72.3 Å². The molecule has 1 fully saturated rings. The lowest BCUT2D eigenvalue weighted by molar-refractivity contribution is 0.0860. The molecule has 1 unspecified atom stereocenters. The van der Waals surface area contributed by atoms with Crippen LogP contribution >= 0.6 is 0 Å². The molecule has 0 bridgehead atoms. The molecule has 162 valence electrons.